The molecule has 2 atom stereocenters. The molecular weight excluding hydrogens is 547 g/mol. The SMILES string of the molecule is C=CS(=O)(=O)N1CCCCC1C1=C2C=NC=C[N+]2(N)C(c2ccc(C(=O)Nc3cc(C(F)(F)F)ccn3)cc2)=N1. The van der Waals surface area contributed by atoms with Gasteiger partial charge in [0, 0.05) is 23.7 Å². The van der Waals surface area contributed by atoms with Crippen molar-refractivity contribution in [2.45, 2.75) is 31.5 Å². The highest BCUT2D eigenvalue weighted by atomic mass is 32.2. The Morgan fingerprint density at radius 3 is 2.65 bits per heavy atom. The second-order valence-electron chi connectivity index (χ2n) is 9.35. The molecule has 0 bridgehead atoms. The van der Waals surface area contributed by atoms with Crippen molar-refractivity contribution in [2.75, 3.05) is 11.9 Å². The lowest BCUT2D eigenvalue weighted by Gasteiger charge is -2.33. The third kappa shape index (κ3) is 5.01. The summed E-state index contributed by atoms with van der Waals surface area (Å²) >= 11 is 0. The number of aromatic nitrogens is 1. The second kappa shape index (κ2) is 10.2. The lowest BCUT2D eigenvalue weighted by molar-refractivity contribution is -0.750. The fraction of sp³-hybridized carbons (Fsp3) is 0.231. The molecule has 0 spiro atoms. The van der Waals surface area contributed by atoms with Crippen molar-refractivity contribution in [1.82, 2.24) is 9.29 Å². The van der Waals surface area contributed by atoms with Crippen LogP contribution in [0, 0.1) is 0 Å². The molecule has 1 amide bonds. The monoisotopic (exact) mass is 572 g/mol. The Morgan fingerprint density at radius 1 is 1.20 bits per heavy atom. The van der Waals surface area contributed by atoms with E-state index in [2.05, 4.69) is 21.9 Å². The Hall–Kier alpha value is -3.98. The van der Waals surface area contributed by atoms with Crippen molar-refractivity contribution in [3.05, 3.63) is 95.1 Å². The molecule has 1 aromatic heterocycles. The van der Waals surface area contributed by atoms with Crippen molar-refractivity contribution in [2.24, 2.45) is 15.8 Å². The number of hydrogen-bond donors (Lipinski definition) is 2. The largest absolute Gasteiger partial charge is 0.416 e. The van der Waals surface area contributed by atoms with Gasteiger partial charge in [0.2, 0.25) is 15.7 Å². The molecule has 0 saturated carbocycles. The Balaban J connectivity index is 1.44. The maximum Gasteiger partial charge on any atom is 0.416 e. The molecule has 2 unspecified atom stereocenters. The number of carbonyl (C=O) groups is 1. The predicted octanol–water partition coefficient (Wildman–Crippen LogP) is 3.90. The summed E-state index contributed by atoms with van der Waals surface area (Å²) < 4.78 is 65.6. The highest BCUT2D eigenvalue weighted by molar-refractivity contribution is 7.92. The summed E-state index contributed by atoms with van der Waals surface area (Å²) in [4.78, 5) is 25.5. The van der Waals surface area contributed by atoms with Gasteiger partial charge in [-0.25, -0.2) is 13.4 Å². The standard InChI is InChI=1S/C26H24F3N7O3S/c1-2-40(38,39)35-13-4-3-5-20(35)23-21-16-31-12-14-36(21,30)24(34-23)17-6-8-18(9-7-17)25(37)33-22-15-19(10-11-32-22)26(27,28)29/h2,6-12,14-16,20H,1,3-5,13,30H2/p+1. The van der Waals surface area contributed by atoms with Crippen LogP contribution in [0.25, 0.3) is 0 Å². The van der Waals surface area contributed by atoms with Gasteiger partial charge in [0.15, 0.2) is 0 Å². The fourth-order valence-corrected chi connectivity index (χ4v) is 6.00. The Bertz CT molecular complexity index is 1600. The van der Waals surface area contributed by atoms with Gasteiger partial charge in [-0.2, -0.15) is 28.3 Å². The predicted molar refractivity (Wildman–Crippen MR) is 143 cm³/mol. The molecule has 2 aromatic rings. The van der Waals surface area contributed by atoms with Gasteiger partial charge in [-0.05, 0) is 49.2 Å². The fourth-order valence-electron chi connectivity index (χ4n) is 4.86. The second-order valence-corrected chi connectivity index (χ2v) is 11.2. The highest BCUT2D eigenvalue weighted by Crippen LogP contribution is 2.37. The molecule has 3 N–H and O–H groups in total. The van der Waals surface area contributed by atoms with Crippen LogP contribution in [0.2, 0.25) is 0 Å². The van der Waals surface area contributed by atoms with Crippen molar-refractivity contribution in [3.8, 4) is 0 Å². The van der Waals surface area contributed by atoms with Crippen molar-refractivity contribution in [1.29, 1.82) is 0 Å². The molecule has 5 rings (SSSR count). The summed E-state index contributed by atoms with van der Waals surface area (Å²) in [5, 5.41) is 3.30. The maximum absolute atomic E-state index is 13.0. The number of alkyl halides is 3. The number of sulfonamides is 1. The number of amidine groups is 1. The van der Waals surface area contributed by atoms with Gasteiger partial charge in [-0.15, -0.1) is 4.59 Å². The number of aliphatic imine (C=N–C) groups is 2. The van der Waals surface area contributed by atoms with Gasteiger partial charge < -0.3 is 5.32 Å². The summed E-state index contributed by atoms with van der Waals surface area (Å²) in [6, 6.07) is 7.20. The first-order valence-corrected chi connectivity index (χ1v) is 13.8. The Kier molecular flexibility index (Phi) is 7.04. The first-order chi connectivity index (χ1) is 18.9. The zero-order valence-corrected chi connectivity index (χ0v) is 21.9. The molecular formula is C26H25F3N7O3S+. The number of piperidine rings is 1. The molecule has 40 heavy (non-hydrogen) atoms. The van der Waals surface area contributed by atoms with E-state index < -0.39 is 33.7 Å². The van der Waals surface area contributed by atoms with Gasteiger partial charge >= 0.3 is 6.18 Å². The Morgan fingerprint density at radius 2 is 1.95 bits per heavy atom. The minimum Gasteiger partial charge on any atom is -0.307 e. The average molecular weight is 573 g/mol. The topological polar surface area (TPSA) is 130 Å². The van der Waals surface area contributed by atoms with Crippen LogP contribution in [0.15, 0.2) is 88.4 Å². The minimum absolute atomic E-state index is 0.171. The van der Waals surface area contributed by atoms with Crippen LogP contribution in [0.4, 0.5) is 19.0 Å². The molecule has 1 fully saturated rings. The average Bonchev–Trinajstić information content (AvgIpc) is 3.25. The van der Waals surface area contributed by atoms with E-state index in [-0.39, 0.29) is 16.0 Å². The molecule has 14 heteroatoms. The van der Waals surface area contributed by atoms with Gasteiger partial charge in [-0.1, -0.05) is 13.0 Å². The number of fused-ring (bicyclic) bond motifs is 1. The van der Waals surface area contributed by atoms with Crippen molar-refractivity contribution in [3.63, 3.8) is 0 Å². The van der Waals surface area contributed by atoms with E-state index in [0.29, 0.717) is 42.2 Å². The number of carbonyl (C=O) groups excluding carboxylic acids is 1. The summed E-state index contributed by atoms with van der Waals surface area (Å²) in [5.41, 5.74) is 0.792. The quantitative estimate of drug-likeness (QED) is 0.401. The third-order valence-corrected chi connectivity index (χ3v) is 8.38. The smallest absolute Gasteiger partial charge is 0.307 e. The van der Waals surface area contributed by atoms with Gasteiger partial charge in [0.25, 0.3) is 11.7 Å². The number of hydrogen-bond acceptors (Lipinski definition) is 7. The summed E-state index contributed by atoms with van der Waals surface area (Å²) in [6.07, 6.45) is 3.15. The molecule has 3 aliphatic rings. The molecule has 4 heterocycles. The van der Waals surface area contributed by atoms with Crippen LogP contribution in [-0.2, 0) is 16.2 Å². The van der Waals surface area contributed by atoms with Gasteiger partial charge in [0.1, 0.15) is 17.7 Å². The lowest BCUT2D eigenvalue weighted by atomic mass is 10.0. The van der Waals surface area contributed by atoms with E-state index in [1.165, 1.54) is 22.6 Å². The maximum atomic E-state index is 13.0. The molecule has 1 aromatic carbocycles. The number of nitrogens with one attached hydrogen (secondary N) is 1. The van der Waals surface area contributed by atoms with E-state index in [1.807, 2.05) is 0 Å². The summed E-state index contributed by atoms with van der Waals surface area (Å²) in [5.74, 6) is 6.28. The van der Waals surface area contributed by atoms with E-state index in [9.17, 15) is 26.4 Å². The number of rotatable bonds is 6. The number of allylic oxidation sites excluding steroid dienone is 1. The number of pyridine rings is 1. The van der Waals surface area contributed by atoms with Crippen LogP contribution >= 0.6 is 0 Å². The van der Waals surface area contributed by atoms with Crippen LogP contribution in [0.5, 0.6) is 0 Å². The zero-order valence-electron chi connectivity index (χ0n) is 21.0. The minimum atomic E-state index is -4.57. The van der Waals surface area contributed by atoms with Crippen LogP contribution in [-0.4, -0.2) is 52.8 Å². The third-order valence-electron chi connectivity index (χ3n) is 6.86. The first-order valence-electron chi connectivity index (χ1n) is 12.3. The molecule has 208 valence electrons. The normalized spacial score (nSPS) is 23.1. The molecule has 0 radical (unpaired) electrons. The van der Waals surface area contributed by atoms with Crippen LogP contribution in [0.1, 0.15) is 40.7 Å². The Labute approximate surface area is 228 Å². The van der Waals surface area contributed by atoms with Crippen molar-refractivity contribution >= 4 is 33.8 Å². The van der Waals surface area contributed by atoms with E-state index in [0.717, 1.165) is 30.2 Å². The number of nitrogens with zero attached hydrogens (tertiary/aromatic N) is 5. The highest BCUT2D eigenvalue weighted by Gasteiger charge is 2.48. The number of quaternary nitrogens is 1. The van der Waals surface area contributed by atoms with Gasteiger partial charge in [-0.3, -0.25) is 9.79 Å². The summed E-state index contributed by atoms with van der Waals surface area (Å²) in [7, 11) is -3.73. The molecule has 1 saturated heterocycles. The number of nitrogens with two attached hydrogens (primary N) is 1. The summed E-state index contributed by atoms with van der Waals surface area (Å²) in [6.45, 7) is 3.78. The molecule has 10 nitrogen and oxygen atoms in total. The molecule has 0 aliphatic carbocycles. The molecule has 3 aliphatic heterocycles. The number of anilines is 1. The number of amides is 1. The van der Waals surface area contributed by atoms with Crippen LogP contribution < -0.4 is 11.2 Å². The van der Waals surface area contributed by atoms with Gasteiger partial charge in [0.05, 0.1) is 29.6 Å². The van der Waals surface area contributed by atoms with Crippen LogP contribution in [0.3, 0.4) is 0 Å². The number of benzene rings is 1. The van der Waals surface area contributed by atoms with E-state index in [4.69, 9.17) is 10.8 Å². The zero-order chi connectivity index (χ0) is 28.7. The lowest BCUT2D eigenvalue weighted by Crippen LogP contribution is -2.53. The van der Waals surface area contributed by atoms with Crippen molar-refractivity contribution < 1.29 is 31.0 Å². The van der Waals surface area contributed by atoms with E-state index >= 15 is 0 Å². The number of halogens is 3. The first kappa shape index (κ1) is 27.6. The van der Waals surface area contributed by atoms with E-state index in [1.54, 1.807) is 24.5 Å².